The predicted octanol–water partition coefficient (Wildman–Crippen LogP) is 11.1. The van der Waals surface area contributed by atoms with Gasteiger partial charge in [-0.05, 0) is 79.1 Å². The second kappa shape index (κ2) is 20.5. The summed E-state index contributed by atoms with van der Waals surface area (Å²) in [5, 5.41) is 14.3. The van der Waals surface area contributed by atoms with Gasteiger partial charge in [-0.25, -0.2) is 0 Å². The molecule has 2 heteroatoms. The first-order valence-electron chi connectivity index (χ1n) is 17.7. The first-order chi connectivity index (χ1) is 19.7. The van der Waals surface area contributed by atoms with E-state index < -0.39 is 6.10 Å². The van der Waals surface area contributed by atoms with Crippen LogP contribution in [0.3, 0.4) is 0 Å². The van der Waals surface area contributed by atoms with Gasteiger partial charge in [0.15, 0.2) is 0 Å². The van der Waals surface area contributed by atoms with Crippen molar-refractivity contribution in [2.75, 3.05) is 19.6 Å². The molecule has 40 heavy (non-hydrogen) atoms. The van der Waals surface area contributed by atoms with E-state index in [4.69, 9.17) is 0 Å². The highest BCUT2D eigenvalue weighted by molar-refractivity contribution is 5.90. The number of fused-ring (bicyclic) bond motifs is 3. The third-order valence-electron chi connectivity index (χ3n) is 9.35. The summed E-state index contributed by atoms with van der Waals surface area (Å²) in [5.41, 5.74) is 4.20. The van der Waals surface area contributed by atoms with E-state index in [1.165, 1.54) is 163 Å². The van der Waals surface area contributed by atoms with Crippen molar-refractivity contribution in [2.45, 2.75) is 161 Å². The summed E-state index contributed by atoms with van der Waals surface area (Å²) in [6.45, 7) is 7.63. The van der Waals surface area contributed by atoms with E-state index in [-0.39, 0.29) is 0 Å². The third-order valence-corrected chi connectivity index (χ3v) is 9.35. The van der Waals surface area contributed by atoms with Gasteiger partial charge in [-0.1, -0.05) is 147 Å². The van der Waals surface area contributed by atoms with Gasteiger partial charge in [-0.15, -0.1) is 0 Å². The van der Waals surface area contributed by atoms with Gasteiger partial charge in [0.05, 0.1) is 6.10 Å². The van der Waals surface area contributed by atoms with E-state index in [2.05, 4.69) is 49.1 Å². The van der Waals surface area contributed by atoms with Crippen LogP contribution in [0.15, 0.2) is 30.3 Å². The minimum Gasteiger partial charge on any atom is -0.387 e. The second-order valence-electron chi connectivity index (χ2n) is 12.8. The number of benzene rings is 2. The van der Waals surface area contributed by atoms with Gasteiger partial charge in [-0.3, -0.25) is 0 Å². The smallest absolute Gasteiger partial charge is 0.0923 e. The Morgan fingerprint density at radius 2 is 1.10 bits per heavy atom. The SMILES string of the molecule is CCCCCCCCCCCN(CCCCCCCCCCC)C[C@@H](O)c1cc2c(c3ccccc13)CCCC2. The molecule has 0 heterocycles. The largest absolute Gasteiger partial charge is 0.387 e. The Bertz CT molecular complexity index is 899. The molecule has 0 unspecified atom stereocenters. The van der Waals surface area contributed by atoms with Crippen LogP contribution in [-0.4, -0.2) is 29.6 Å². The Morgan fingerprint density at radius 3 is 1.65 bits per heavy atom. The summed E-state index contributed by atoms with van der Waals surface area (Å²) >= 11 is 0. The molecule has 2 nitrogen and oxygen atoms in total. The van der Waals surface area contributed by atoms with Crippen LogP contribution < -0.4 is 0 Å². The lowest BCUT2D eigenvalue weighted by atomic mass is 9.84. The van der Waals surface area contributed by atoms with Crippen molar-refractivity contribution < 1.29 is 5.11 Å². The highest BCUT2D eigenvalue weighted by Gasteiger charge is 2.20. The second-order valence-corrected chi connectivity index (χ2v) is 12.8. The van der Waals surface area contributed by atoms with Crippen molar-refractivity contribution in [2.24, 2.45) is 0 Å². The lowest BCUT2D eigenvalue weighted by molar-refractivity contribution is 0.111. The van der Waals surface area contributed by atoms with Crippen LogP contribution in [0.4, 0.5) is 0 Å². The zero-order chi connectivity index (χ0) is 28.3. The zero-order valence-electron chi connectivity index (χ0n) is 26.5. The highest BCUT2D eigenvalue weighted by Crippen LogP contribution is 2.34. The molecule has 0 saturated carbocycles. The van der Waals surface area contributed by atoms with E-state index in [0.29, 0.717) is 0 Å². The fourth-order valence-corrected chi connectivity index (χ4v) is 6.86. The van der Waals surface area contributed by atoms with Crippen molar-refractivity contribution in [3.63, 3.8) is 0 Å². The van der Waals surface area contributed by atoms with Crippen LogP contribution in [0.5, 0.6) is 0 Å². The monoisotopic (exact) mass is 549 g/mol. The van der Waals surface area contributed by atoms with Crippen LogP contribution in [-0.2, 0) is 12.8 Å². The molecule has 0 amide bonds. The van der Waals surface area contributed by atoms with E-state index >= 15 is 0 Å². The molecule has 0 spiro atoms. The average molecular weight is 550 g/mol. The molecular weight excluding hydrogens is 486 g/mol. The summed E-state index contributed by atoms with van der Waals surface area (Å²) < 4.78 is 0. The standard InChI is InChI=1S/C38H63NO/c1-3-5-7-9-11-13-15-17-23-29-39(30-24-18-16-14-12-10-8-6-4-2)32-38(40)37-31-33-25-19-20-26-34(33)35-27-21-22-28-36(35)37/h21-22,27-28,31,38,40H,3-20,23-26,29-30,32H2,1-2H3/t38-/m1/s1. The predicted molar refractivity (Wildman–Crippen MR) is 176 cm³/mol. The Labute approximate surface area is 248 Å². The first kappa shape index (κ1) is 33.1. The topological polar surface area (TPSA) is 23.5 Å². The first-order valence-corrected chi connectivity index (χ1v) is 17.7. The number of aliphatic hydroxyl groups is 1. The molecule has 0 fully saturated rings. The fraction of sp³-hybridized carbons (Fsp3) is 0.737. The van der Waals surface area contributed by atoms with Crippen molar-refractivity contribution in [1.82, 2.24) is 4.90 Å². The molecule has 1 N–H and O–H groups in total. The zero-order valence-corrected chi connectivity index (χ0v) is 26.5. The highest BCUT2D eigenvalue weighted by atomic mass is 16.3. The summed E-state index contributed by atoms with van der Waals surface area (Å²) in [6.07, 6.45) is 29.2. The molecule has 1 atom stereocenters. The molecule has 0 aliphatic heterocycles. The third kappa shape index (κ3) is 11.8. The van der Waals surface area contributed by atoms with E-state index in [1.54, 1.807) is 5.56 Å². The Kier molecular flexibility index (Phi) is 17.0. The van der Waals surface area contributed by atoms with Gasteiger partial charge >= 0.3 is 0 Å². The minimum atomic E-state index is -0.408. The quantitative estimate of drug-likeness (QED) is 0.139. The maximum absolute atomic E-state index is 11.6. The van der Waals surface area contributed by atoms with Crippen molar-refractivity contribution >= 4 is 10.8 Å². The van der Waals surface area contributed by atoms with Crippen LogP contribution in [0.25, 0.3) is 10.8 Å². The van der Waals surface area contributed by atoms with Crippen molar-refractivity contribution in [3.8, 4) is 0 Å². The minimum absolute atomic E-state index is 0.408. The van der Waals surface area contributed by atoms with Gasteiger partial charge in [-0.2, -0.15) is 0 Å². The van der Waals surface area contributed by atoms with Gasteiger partial charge in [0.2, 0.25) is 0 Å². The molecule has 3 rings (SSSR count). The molecular formula is C38H63NO. The number of aliphatic hydroxyl groups excluding tert-OH is 1. The van der Waals surface area contributed by atoms with Crippen LogP contribution >= 0.6 is 0 Å². The van der Waals surface area contributed by atoms with Gasteiger partial charge in [0.25, 0.3) is 0 Å². The molecule has 1 aliphatic rings. The number of rotatable bonds is 23. The summed E-state index contributed by atoms with van der Waals surface area (Å²) in [4.78, 5) is 2.60. The Balaban J connectivity index is 1.52. The molecule has 0 radical (unpaired) electrons. The van der Waals surface area contributed by atoms with Crippen LogP contribution in [0.2, 0.25) is 0 Å². The Hall–Kier alpha value is -1.38. The number of aryl methyl sites for hydroxylation is 2. The number of hydrogen-bond acceptors (Lipinski definition) is 2. The Morgan fingerprint density at radius 1 is 0.625 bits per heavy atom. The molecule has 2 aromatic rings. The van der Waals surface area contributed by atoms with Crippen molar-refractivity contribution in [1.29, 1.82) is 0 Å². The van der Waals surface area contributed by atoms with Crippen LogP contribution in [0.1, 0.15) is 165 Å². The lowest BCUT2D eigenvalue weighted by Gasteiger charge is -2.27. The molecule has 226 valence electrons. The van der Waals surface area contributed by atoms with Crippen LogP contribution in [0, 0.1) is 0 Å². The number of nitrogens with zero attached hydrogens (tertiary/aromatic N) is 1. The fourth-order valence-electron chi connectivity index (χ4n) is 6.86. The maximum Gasteiger partial charge on any atom is 0.0923 e. The summed E-state index contributed by atoms with van der Waals surface area (Å²) in [7, 11) is 0. The number of hydrogen-bond donors (Lipinski definition) is 1. The van der Waals surface area contributed by atoms with E-state index in [0.717, 1.165) is 19.6 Å². The molecule has 1 aliphatic carbocycles. The van der Waals surface area contributed by atoms with Gasteiger partial charge < -0.3 is 10.0 Å². The van der Waals surface area contributed by atoms with Gasteiger partial charge in [0, 0.05) is 6.54 Å². The molecule has 2 aromatic carbocycles. The normalized spacial score (nSPS) is 14.2. The van der Waals surface area contributed by atoms with Crippen molar-refractivity contribution in [3.05, 3.63) is 47.0 Å². The van der Waals surface area contributed by atoms with E-state index in [9.17, 15) is 5.11 Å². The van der Waals surface area contributed by atoms with E-state index in [1.807, 2.05) is 0 Å². The number of unbranched alkanes of at least 4 members (excludes halogenated alkanes) is 16. The lowest BCUT2D eigenvalue weighted by Crippen LogP contribution is -2.31. The summed E-state index contributed by atoms with van der Waals surface area (Å²) in [5.74, 6) is 0. The summed E-state index contributed by atoms with van der Waals surface area (Å²) in [6, 6.07) is 11.2. The molecule has 0 bridgehead atoms. The van der Waals surface area contributed by atoms with Gasteiger partial charge in [0.1, 0.15) is 0 Å². The molecule has 0 aromatic heterocycles. The average Bonchev–Trinajstić information content (AvgIpc) is 2.98. The molecule has 0 saturated heterocycles. The maximum atomic E-state index is 11.6.